The van der Waals surface area contributed by atoms with Crippen LogP contribution in [0.25, 0.3) is 11.4 Å². The van der Waals surface area contributed by atoms with E-state index in [4.69, 9.17) is 10.3 Å². The summed E-state index contributed by atoms with van der Waals surface area (Å²) in [5.74, 6) is 1.83. The van der Waals surface area contributed by atoms with E-state index in [9.17, 15) is 0 Å². The summed E-state index contributed by atoms with van der Waals surface area (Å²) >= 11 is 0. The molecule has 1 saturated heterocycles. The van der Waals surface area contributed by atoms with Gasteiger partial charge in [-0.1, -0.05) is 41.9 Å². The van der Waals surface area contributed by atoms with Gasteiger partial charge >= 0.3 is 0 Å². The van der Waals surface area contributed by atoms with Crippen LogP contribution in [-0.4, -0.2) is 34.2 Å². The van der Waals surface area contributed by atoms with Crippen molar-refractivity contribution in [2.24, 2.45) is 11.7 Å². The topological polar surface area (TPSA) is 68.2 Å². The molecule has 5 nitrogen and oxygen atoms in total. The lowest BCUT2D eigenvalue weighted by molar-refractivity contribution is 0.261. The molecule has 0 radical (unpaired) electrons. The van der Waals surface area contributed by atoms with Gasteiger partial charge in [-0.15, -0.1) is 0 Å². The largest absolute Gasteiger partial charge is 0.338 e. The molecule has 0 bridgehead atoms. The maximum atomic E-state index is 6.02. The van der Waals surface area contributed by atoms with Crippen LogP contribution in [0.1, 0.15) is 18.4 Å². The zero-order valence-electron chi connectivity index (χ0n) is 11.9. The molecule has 2 unspecified atom stereocenters. The molecule has 2 N–H and O–H groups in total. The van der Waals surface area contributed by atoms with Crippen molar-refractivity contribution in [3.63, 3.8) is 0 Å². The highest BCUT2D eigenvalue weighted by molar-refractivity contribution is 5.54. The van der Waals surface area contributed by atoms with Crippen molar-refractivity contribution in [2.45, 2.75) is 26.4 Å². The van der Waals surface area contributed by atoms with Crippen molar-refractivity contribution in [3.05, 3.63) is 35.7 Å². The average molecular weight is 272 g/mol. The maximum absolute atomic E-state index is 6.02. The average Bonchev–Trinajstić information content (AvgIpc) is 2.99. The first kappa shape index (κ1) is 13.3. The first-order valence-electron chi connectivity index (χ1n) is 6.99. The zero-order chi connectivity index (χ0) is 14.1. The highest BCUT2D eigenvalue weighted by Crippen LogP contribution is 2.19. The van der Waals surface area contributed by atoms with E-state index in [0.717, 1.165) is 18.7 Å². The predicted molar refractivity (Wildman–Crippen MR) is 76.9 cm³/mol. The third-order valence-electron chi connectivity index (χ3n) is 3.88. The standard InChI is InChI=1S/C15H20N4O/c1-10-3-5-12(6-4-10)15-17-14(20-18-15)9-19-7-11(2)13(16)8-19/h3-6,11,13H,7-9,16H2,1-2H3. The third-order valence-corrected chi connectivity index (χ3v) is 3.88. The monoisotopic (exact) mass is 272 g/mol. The van der Waals surface area contributed by atoms with Crippen LogP contribution in [0.2, 0.25) is 0 Å². The van der Waals surface area contributed by atoms with Gasteiger partial charge in [0.25, 0.3) is 0 Å². The van der Waals surface area contributed by atoms with Crippen LogP contribution < -0.4 is 5.73 Å². The van der Waals surface area contributed by atoms with Gasteiger partial charge in [-0.3, -0.25) is 4.90 Å². The number of aryl methyl sites for hydroxylation is 1. The van der Waals surface area contributed by atoms with Gasteiger partial charge in [-0.2, -0.15) is 4.98 Å². The van der Waals surface area contributed by atoms with Crippen LogP contribution in [0.3, 0.4) is 0 Å². The molecule has 0 spiro atoms. The Morgan fingerprint density at radius 2 is 2.05 bits per heavy atom. The molecule has 2 heterocycles. The summed E-state index contributed by atoms with van der Waals surface area (Å²) in [6.07, 6.45) is 0. The fourth-order valence-corrected chi connectivity index (χ4v) is 2.55. The fraction of sp³-hybridized carbons (Fsp3) is 0.467. The van der Waals surface area contributed by atoms with Crippen molar-refractivity contribution in [1.82, 2.24) is 15.0 Å². The molecule has 5 heteroatoms. The SMILES string of the molecule is Cc1ccc(-c2noc(CN3CC(C)C(N)C3)n2)cc1. The second kappa shape index (κ2) is 5.34. The van der Waals surface area contributed by atoms with Crippen LogP contribution >= 0.6 is 0 Å². The summed E-state index contributed by atoms with van der Waals surface area (Å²) in [5.41, 5.74) is 8.23. The van der Waals surface area contributed by atoms with E-state index in [1.54, 1.807) is 0 Å². The Bertz CT molecular complexity index is 568. The van der Waals surface area contributed by atoms with Crippen molar-refractivity contribution in [3.8, 4) is 11.4 Å². The van der Waals surface area contributed by atoms with Crippen LogP contribution in [0.15, 0.2) is 28.8 Å². The van der Waals surface area contributed by atoms with Crippen LogP contribution in [0, 0.1) is 12.8 Å². The lowest BCUT2D eigenvalue weighted by Crippen LogP contribution is -2.28. The molecule has 0 saturated carbocycles. The molecule has 2 aromatic rings. The Kier molecular flexibility index (Phi) is 3.54. The van der Waals surface area contributed by atoms with Crippen molar-refractivity contribution < 1.29 is 4.52 Å². The van der Waals surface area contributed by atoms with E-state index in [1.807, 2.05) is 24.3 Å². The predicted octanol–water partition coefficient (Wildman–Crippen LogP) is 1.82. The Labute approximate surface area is 118 Å². The number of hydrogen-bond acceptors (Lipinski definition) is 5. The lowest BCUT2D eigenvalue weighted by atomic mass is 10.1. The van der Waals surface area contributed by atoms with Gasteiger partial charge < -0.3 is 10.3 Å². The van der Waals surface area contributed by atoms with Gasteiger partial charge in [0.2, 0.25) is 11.7 Å². The summed E-state index contributed by atoms with van der Waals surface area (Å²) in [6.45, 7) is 6.79. The molecule has 1 aliphatic rings. The van der Waals surface area contributed by atoms with Crippen LogP contribution in [0.4, 0.5) is 0 Å². The second-order valence-electron chi connectivity index (χ2n) is 5.71. The highest BCUT2D eigenvalue weighted by atomic mass is 16.5. The summed E-state index contributed by atoms with van der Waals surface area (Å²) in [4.78, 5) is 6.73. The van der Waals surface area contributed by atoms with Gasteiger partial charge in [0.15, 0.2) is 0 Å². The third kappa shape index (κ3) is 2.73. The van der Waals surface area contributed by atoms with Gasteiger partial charge in [0.05, 0.1) is 6.54 Å². The summed E-state index contributed by atoms with van der Waals surface area (Å²) in [7, 11) is 0. The molecule has 1 aromatic heterocycles. The second-order valence-corrected chi connectivity index (χ2v) is 5.71. The molecule has 2 atom stereocenters. The van der Waals surface area contributed by atoms with E-state index < -0.39 is 0 Å². The first-order valence-corrected chi connectivity index (χ1v) is 6.99. The number of likely N-dealkylation sites (tertiary alicyclic amines) is 1. The molecule has 106 valence electrons. The Morgan fingerprint density at radius 3 is 2.70 bits per heavy atom. The number of nitrogens with two attached hydrogens (primary N) is 1. The van der Waals surface area contributed by atoms with E-state index >= 15 is 0 Å². The van der Waals surface area contributed by atoms with Crippen molar-refractivity contribution >= 4 is 0 Å². The minimum absolute atomic E-state index is 0.245. The molecule has 20 heavy (non-hydrogen) atoms. The van der Waals surface area contributed by atoms with Crippen LogP contribution in [0.5, 0.6) is 0 Å². The normalized spacial score (nSPS) is 23.4. The number of benzene rings is 1. The van der Waals surface area contributed by atoms with E-state index in [-0.39, 0.29) is 6.04 Å². The van der Waals surface area contributed by atoms with E-state index in [0.29, 0.717) is 24.2 Å². The maximum Gasteiger partial charge on any atom is 0.241 e. The molecule has 1 aromatic carbocycles. The lowest BCUT2D eigenvalue weighted by Gasteiger charge is -2.11. The number of nitrogens with zero attached hydrogens (tertiary/aromatic N) is 3. The first-order chi connectivity index (χ1) is 9.61. The van der Waals surface area contributed by atoms with E-state index in [2.05, 4.69) is 28.9 Å². The Hall–Kier alpha value is -1.72. The molecular weight excluding hydrogens is 252 g/mol. The van der Waals surface area contributed by atoms with Gasteiger partial charge in [-0.05, 0) is 12.8 Å². The number of hydrogen-bond donors (Lipinski definition) is 1. The highest BCUT2D eigenvalue weighted by Gasteiger charge is 2.27. The minimum Gasteiger partial charge on any atom is -0.338 e. The van der Waals surface area contributed by atoms with Gasteiger partial charge in [0.1, 0.15) is 0 Å². The molecule has 1 fully saturated rings. The quantitative estimate of drug-likeness (QED) is 0.923. The molecule has 1 aliphatic heterocycles. The molecular formula is C15H20N4O. The van der Waals surface area contributed by atoms with Gasteiger partial charge in [0, 0.05) is 24.7 Å². The van der Waals surface area contributed by atoms with Gasteiger partial charge in [-0.25, -0.2) is 0 Å². The number of aromatic nitrogens is 2. The van der Waals surface area contributed by atoms with Crippen LogP contribution in [-0.2, 0) is 6.54 Å². The summed E-state index contributed by atoms with van der Waals surface area (Å²) in [6, 6.07) is 8.36. The fourth-order valence-electron chi connectivity index (χ4n) is 2.55. The minimum atomic E-state index is 0.245. The summed E-state index contributed by atoms with van der Waals surface area (Å²) in [5, 5.41) is 4.05. The Balaban J connectivity index is 1.69. The van der Waals surface area contributed by atoms with Crippen molar-refractivity contribution in [2.75, 3.05) is 13.1 Å². The van der Waals surface area contributed by atoms with Crippen molar-refractivity contribution in [1.29, 1.82) is 0 Å². The molecule has 0 amide bonds. The molecule has 0 aliphatic carbocycles. The zero-order valence-corrected chi connectivity index (χ0v) is 11.9. The smallest absolute Gasteiger partial charge is 0.241 e. The Morgan fingerprint density at radius 1 is 1.30 bits per heavy atom. The number of rotatable bonds is 3. The van der Waals surface area contributed by atoms with E-state index in [1.165, 1.54) is 5.56 Å². The molecule has 3 rings (SSSR count). The summed E-state index contributed by atoms with van der Waals surface area (Å²) < 4.78 is 5.34.